The molecule has 0 amide bonds. The first-order valence-electron chi connectivity index (χ1n) is 5.37. The largest absolute Gasteiger partial charge is 0.464 e. The number of aromatic amines is 1. The minimum absolute atomic E-state index is 0.280. The number of hydrogen-bond acceptors (Lipinski definition) is 5. The molecule has 0 bridgehead atoms. The second-order valence-corrected chi connectivity index (χ2v) is 4.69. The summed E-state index contributed by atoms with van der Waals surface area (Å²) < 4.78 is 6.15. The first kappa shape index (κ1) is 11.5. The number of nitrogens with one attached hydrogen (secondary N) is 1. The fourth-order valence-electron chi connectivity index (χ4n) is 1.88. The number of furan rings is 1. The van der Waals surface area contributed by atoms with Crippen molar-refractivity contribution in [2.24, 2.45) is 0 Å². The van der Waals surface area contributed by atoms with Gasteiger partial charge in [0.1, 0.15) is 17.1 Å². The van der Waals surface area contributed by atoms with Gasteiger partial charge in [-0.15, -0.1) is 11.3 Å². The Morgan fingerprint density at radius 3 is 3.00 bits per heavy atom. The standard InChI is InChI=1S/C12H7N3O3S/c13-3-4-15-11(16)9-7(8-2-1-5-18-8)6-19-10(9)14-12(15)17/h1-2,5-6H,4H2,(H,14,17). The average molecular weight is 273 g/mol. The van der Waals surface area contributed by atoms with E-state index in [2.05, 4.69) is 4.98 Å². The summed E-state index contributed by atoms with van der Waals surface area (Å²) in [5.41, 5.74) is -0.433. The Bertz CT molecular complexity index is 893. The van der Waals surface area contributed by atoms with Crippen LogP contribution in [0.4, 0.5) is 0 Å². The Kier molecular flexibility index (Phi) is 2.58. The van der Waals surface area contributed by atoms with Crippen LogP contribution in [-0.2, 0) is 6.54 Å². The Hall–Kier alpha value is -2.59. The molecule has 0 fully saturated rings. The number of rotatable bonds is 2. The third-order valence-electron chi connectivity index (χ3n) is 2.73. The molecule has 3 aromatic rings. The smallest absolute Gasteiger partial charge is 0.330 e. The Balaban J connectivity index is 2.41. The SMILES string of the molecule is N#CCn1c(=O)[nH]c2scc(-c3ccco3)c2c1=O. The molecule has 0 saturated carbocycles. The van der Waals surface area contributed by atoms with Crippen molar-refractivity contribution in [3.05, 3.63) is 44.6 Å². The van der Waals surface area contributed by atoms with Crippen LogP contribution in [0.2, 0.25) is 0 Å². The highest BCUT2D eigenvalue weighted by atomic mass is 32.1. The lowest BCUT2D eigenvalue weighted by Crippen LogP contribution is -2.34. The zero-order valence-corrected chi connectivity index (χ0v) is 10.4. The van der Waals surface area contributed by atoms with Gasteiger partial charge in [0.2, 0.25) is 0 Å². The Morgan fingerprint density at radius 1 is 1.47 bits per heavy atom. The molecule has 0 saturated heterocycles. The molecule has 0 aliphatic heterocycles. The Labute approximate surface area is 110 Å². The molecular weight excluding hydrogens is 266 g/mol. The third-order valence-corrected chi connectivity index (χ3v) is 3.63. The van der Waals surface area contributed by atoms with Crippen LogP contribution in [-0.4, -0.2) is 9.55 Å². The van der Waals surface area contributed by atoms with Crippen LogP contribution in [0.25, 0.3) is 21.5 Å². The lowest BCUT2D eigenvalue weighted by molar-refractivity contribution is 0.583. The van der Waals surface area contributed by atoms with Crippen molar-refractivity contribution in [1.82, 2.24) is 9.55 Å². The summed E-state index contributed by atoms with van der Waals surface area (Å²) in [6.45, 7) is -0.280. The van der Waals surface area contributed by atoms with Crippen LogP contribution in [0, 0.1) is 11.3 Å². The van der Waals surface area contributed by atoms with Crippen LogP contribution >= 0.6 is 11.3 Å². The molecule has 0 aliphatic rings. The van der Waals surface area contributed by atoms with Gasteiger partial charge in [-0.25, -0.2) is 9.36 Å². The summed E-state index contributed by atoms with van der Waals surface area (Å²) >= 11 is 1.26. The zero-order chi connectivity index (χ0) is 13.4. The van der Waals surface area contributed by atoms with Gasteiger partial charge >= 0.3 is 5.69 Å². The summed E-state index contributed by atoms with van der Waals surface area (Å²) in [6, 6.07) is 5.26. The van der Waals surface area contributed by atoms with E-state index in [9.17, 15) is 9.59 Å². The number of nitriles is 1. The summed E-state index contributed by atoms with van der Waals surface area (Å²) in [7, 11) is 0. The molecule has 0 spiro atoms. The van der Waals surface area contributed by atoms with Crippen molar-refractivity contribution in [2.45, 2.75) is 6.54 Å². The van der Waals surface area contributed by atoms with Crippen LogP contribution in [0.1, 0.15) is 0 Å². The average Bonchev–Trinajstić information content (AvgIpc) is 3.02. The van der Waals surface area contributed by atoms with Gasteiger partial charge in [0.05, 0.1) is 17.7 Å². The summed E-state index contributed by atoms with van der Waals surface area (Å²) in [5, 5.41) is 10.8. The number of fused-ring (bicyclic) bond motifs is 1. The molecule has 6 nitrogen and oxygen atoms in total. The van der Waals surface area contributed by atoms with E-state index in [0.29, 0.717) is 21.5 Å². The minimum Gasteiger partial charge on any atom is -0.464 e. The number of hydrogen-bond donors (Lipinski definition) is 1. The van der Waals surface area contributed by atoms with E-state index >= 15 is 0 Å². The van der Waals surface area contributed by atoms with E-state index in [1.807, 2.05) is 0 Å². The van der Waals surface area contributed by atoms with E-state index < -0.39 is 11.2 Å². The molecule has 0 atom stereocenters. The number of H-pyrrole nitrogens is 1. The van der Waals surface area contributed by atoms with Gasteiger partial charge in [-0.2, -0.15) is 5.26 Å². The van der Waals surface area contributed by atoms with E-state index in [1.54, 1.807) is 23.6 Å². The maximum atomic E-state index is 12.3. The summed E-state index contributed by atoms with van der Waals surface area (Å²) in [6.07, 6.45) is 1.51. The molecule has 0 aliphatic carbocycles. The van der Waals surface area contributed by atoms with Crippen molar-refractivity contribution >= 4 is 21.6 Å². The molecule has 3 rings (SSSR count). The van der Waals surface area contributed by atoms with Crippen LogP contribution in [0.3, 0.4) is 0 Å². The normalized spacial score (nSPS) is 10.7. The number of nitrogens with zero attached hydrogens (tertiary/aromatic N) is 2. The van der Waals surface area contributed by atoms with E-state index in [0.717, 1.165) is 4.57 Å². The zero-order valence-electron chi connectivity index (χ0n) is 9.54. The van der Waals surface area contributed by atoms with Crippen molar-refractivity contribution in [1.29, 1.82) is 5.26 Å². The maximum Gasteiger partial charge on any atom is 0.330 e. The predicted octanol–water partition coefficient (Wildman–Crippen LogP) is 1.53. The topological polar surface area (TPSA) is 91.8 Å². The molecule has 7 heteroatoms. The first-order chi connectivity index (χ1) is 9.22. The molecule has 1 N–H and O–H groups in total. The van der Waals surface area contributed by atoms with Crippen molar-refractivity contribution in [3.63, 3.8) is 0 Å². The summed E-state index contributed by atoms with van der Waals surface area (Å²) in [4.78, 5) is 27.0. The maximum absolute atomic E-state index is 12.3. The second kappa shape index (κ2) is 4.26. The molecule has 0 aromatic carbocycles. The minimum atomic E-state index is -0.577. The highest BCUT2D eigenvalue weighted by Gasteiger charge is 2.15. The van der Waals surface area contributed by atoms with E-state index in [4.69, 9.17) is 9.68 Å². The van der Waals surface area contributed by atoms with Crippen molar-refractivity contribution in [3.8, 4) is 17.4 Å². The number of thiophene rings is 1. The van der Waals surface area contributed by atoms with E-state index in [1.165, 1.54) is 17.6 Å². The summed E-state index contributed by atoms with van der Waals surface area (Å²) in [5.74, 6) is 0.555. The molecule has 0 radical (unpaired) electrons. The van der Waals surface area contributed by atoms with Gasteiger partial charge < -0.3 is 4.42 Å². The monoisotopic (exact) mass is 273 g/mol. The highest BCUT2D eigenvalue weighted by molar-refractivity contribution is 7.17. The molecule has 3 heterocycles. The predicted molar refractivity (Wildman–Crippen MR) is 70.0 cm³/mol. The van der Waals surface area contributed by atoms with Gasteiger partial charge in [-0.3, -0.25) is 9.78 Å². The molecule has 19 heavy (non-hydrogen) atoms. The highest BCUT2D eigenvalue weighted by Crippen LogP contribution is 2.30. The van der Waals surface area contributed by atoms with Crippen LogP contribution in [0.15, 0.2) is 37.8 Å². The Morgan fingerprint density at radius 2 is 2.32 bits per heavy atom. The van der Waals surface area contributed by atoms with Gasteiger partial charge in [0, 0.05) is 10.9 Å². The lowest BCUT2D eigenvalue weighted by atomic mass is 10.2. The first-order valence-corrected chi connectivity index (χ1v) is 6.25. The van der Waals surface area contributed by atoms with Gasteiger partial charge in [0.25, 0.3) is 5.56 Å². The number of aromatic nitrogens is 2. The van der Waals surface area contributed by atoms with Crippen LogP contribution in [0.5, 0.6) is 0 Å². The van der Waals surface area contributed by atoms with Crippen LogP contribution < -0.4 is 11.2 Å². The van der Waals surface area contributed by atoms with Crippen molar-refractivity contribution < 1.29 is 4.42 Å². The molecule has 3 aromatic heterocycles. The lowest BCUT2D eigenvalue weighted by Gasteiger charge is -2.00. The molecular formula is C12H7N3O3S. The van der Waals surface area contributed by atoms with E-state index in [-0.39, 0.29) is 6.54 Å². The molecule has 0 unspecified atom stereocenters. The fraction of sp³-hybridized carbons (Fsp3) is 0.0833. The second-order valence-electron chi connectivity index (χ2n) is 3.81. The van der Waals surface area contributed by atoms with Gasteiger partial charge in [-0.1, -0.05) is 0 Å². The van der Waals surface area contributed by atoms with Gasteiger partial charge in [0.15, 0.2) is 0 Å². The van der Waals surface area contributed by atoms with Gasteiger partial charge in [-0.05, 0) is 12.1 Å². The quantitative estimate of drug-likeness (QED) is 0.766. The molecule has 94 valence electrons. The van der Waals surface area contributed by atoms with Crippen molar-refractivity contribution in [2.75, 3.05) is 0 Å². The fourth-order valence-corrected chi connectivity index (χ4v) is 2.81. The third kappa shape index (κ3) is 1.70.